The number of carbonyl (C=O) groups is 2. The molecule has 8 heteroatoms. The highest BCUT2D eigenvalue weighted by Gasteiger charge is 2.42. The van der Waals surface area contributed by atoms with Crippen molar-refractivity contribution < 1.29 is 14.3 Å². The number of thiazole rings is 1. The van der Waals surface area contributed by atoms with Crippen molar-refractivity contribution >= 4 is 28.2 Å². The van der Waals surface area contributed by atoms with Gasteiger partial charge in [-0.1, -0.05) is 26.7 Å². The first-order valence-corrected chi connectivity index (χ1v) is 10.7. The summed E-state index contributed by atoms with van der Waals surface area (Å²) in [6.45, 7) is 4.82. The first kappa shape index (κ1) is 19.1. The summed E-state index contributed by atoms with van der Waals surface area (Å²) >= 11 is 1.35. The molecule has 0 bridgehead atoms. The van der Waals surface area contributed by atoms with Crippen molar-refractivity contribution in [1.29, 1.82) is 0 Å². The van der Waals surface area contributed by atoms with Gasteiger partial charge in [-0.2, -0.15) is 0 Å². The molecule has 1 amide bonds. The molecule has 1 saturated carbocycles. The van der Waals surface area contributed by atoms with Crippen LogP contribution in [-0.4, -0.2) is 38.7 Å². The summed E-state index contributed by atoms with van der Waals surface area (Å²) in [5, 5.41) is 1.78. The highest BCUT2D eigenvalue weighted by Crippen LogP contribution is 2.35. The predicted molar refractivity (Wildman–Crippen MR) is 105 cm³/mol. The van der Waals surface area contributed by atoms with Crippen molar-refractivity contribution in [2.45, 2.75) is 52.2 Å². The maximum Gasteiger partial charge on any atom is 0.311 e. The third-order valence-electron chi connectivity index (χ3n) is 6.27. The van der Waals surface area contributed by atoms with E-state index in [1.165, 1.54) is 28.2 Å². The summed E-state index contributed by atoms with van der Waals surface area (Å²) in [4.78, 5) is 43.9. The van der Waals surface area contributed by atoms with Gasteiger partial charge in [0.15, 0.2) is 4.96 Å². The van der Waals surface area contributed by atoms with Crippen LogP contribution in [0, 0.1) is 17.8 Å². The molecule has 3 heterocycles. The highest BCUT2D eigenvalue weighted by atomic mass is 32.1. The van der Waals surface area contributed by atoms with E-state index in [9.17, 15) is 14.4 Å². The van der Waals surface area contributed by atoms with Gasteiger partial charge in [0.2, 0.25) is 5.91 Å². The molecule has 1 aliphatic heterocycles. The first-order chi connectivity index (χ1) is 13.4. The lowest BCUT2D eigenvalue weighted by Crippen LogP contribution is -2.45. The van der Waals surface area contributed by atoms with E-state index in [4.69, 9.17) is 4.74 Å². The molecule has 1 saturated heterocycles. The number of likely N-dealkylation sites (tertiary alicyclic amines) is 1. The fraction of sp³-hybridized carbons (Fsp3) is 0.600. The van der Waals surface area contributed by atoms with E-state index in [1.54, 1.807) is 11.6 Å². The molecule has 2 fully saturated rings. The number of aromatic nitrogens is 2. The van der Waals surface area contributed by atoms with Gasteiger partial charge in [-0.3, -0.25) is 18.8 Å². The normalized spacial score (nSPS) is 28.1. The van der Waals surface area contributed by atoms with Gasteiger partial charge in [-0.25, -0.2) is 4.98 Å². The van der Waals surface area contributed by atoms with Gasteiger partial charge in [-0.05, 0) is 18.3 Å². The number of hydrogen-bond acceptors (Lipinski definition) is 6. The van der Waals surface area contributed by atoms with Crippen LogP contribution in [0.2, 0.25) is 0 Å². The number of nitrogens with zero attached hydrogens (tertiary/aromatic N) is 3. The van der Waals surface area contributed by atoms with E-state index in [2.05, 4.69) is 18.8 Å². The molecular weight excluding hydrogens is 378 g/mol. The Morgan fingerprint density at radius 3 is 2.96 bits per heavy atom. The Morgan fingerprint density at radius 2 is 2.14 bits per heavy atom. The summed E-state index contributed by atoms with van der Waals surface area (Å²) in [5.41, 5.74) is 0.233. The number of rotatable bonds is 4. The lowest BCUT2D eigenvalue weighted by atomic mass is 9.77. The lowest BCUT2D eigenvalue weighted by Gasteiger charge is -2.39. The van der Waals surface area contributed by atoms with Crippen molar-refractivity contribution in [2.75, 3.05) is 6.54 Å². The minimum Gasteiger partial charge on any atom is -0.459 e. The van der Waals surface area contributed by atoms with Gasteiger partial charge in [0.25, 0.3) is 5.56 Å². The van der Waals surface area contributed by atoms with E-state index in [0.29, 0.717) is 29.0 Å². The third kappa shape index (κ3) is 3.57. The highest BCUT2D eigenvalue weighted by molar-refractivity contribution is 7.15. The first-order valence-electron chi connectivity index (χ1n) is 9.86. The summed E-state index contributed by atoms with van der Waals surface area (Å²) in [6.07, 6.45) is 5.20. The van der Waals surface area contributed by atoms with Crippen molar-refractivity contribution in [3.8, 4) is 0 Å². The molecule has 0 aromatic carbocycles. The minimum absolute atomic E-state index is 0.0456. The van der Waals surface area contributed by atoms with Crippen molar-refractivity contribution in [1.82, 2.24) is 14.3 Å². The lowest BCUT2D eigenvalue weighted by molar-refractivity contribution is -0.149. The second-order valence-corrected chi connectivity index (χ2v) is 8.90. The Morgan fingerprint density at radius 1 is 1.32 bits per heavy atom. The quantitative estimate of drug-likeness (QED) is 0.733. The third-order valence-corrected chi connectivity index (χ3v) is 7.03. The van der Waals surface area contributed by atoms with Crippen LogP contribution in [0.3, 0.4) is 0 Å². The number of hydrogen-bond donors (Lipinski definition) is 0. The Bertz CT molecular complexity index is 952. The number of fused-ring (bicyclic) bond motifs is 1. The number of carbonyl (C=O) groups excluding carboxylic acids is 2. The summed E-state index contributed by atoms with van der Waals surface area (Å²) in [6, 6.07) is 1.60. The number of esters is 1. The molecule has 2 aromatic heterocycles. The molecule has 4 atom stereocenters. The zero-order valence-corrected chi connectivity index (χ0v) is 17.0. The molecule has 4 rings (SSSR count). The molecule has 1 aliphatic carbocycles. The summed E-state index contributed by atoms with van der Waals surface area (Å²) < 4.78 is 6.85. The fourth-order valence-electron chi connectivity index (χ4n) is 4.43. The van der Waals surface area contributed by atoms with E-state index in [1.807, 2.05) is 4.90 Å². The van der Waals surface area contributed by atoms with E-state index < -0.39 is 5.92 Å². The minimum atomic E-state index is -0.441. The molecule has 0 radical (unpaired) electrons. The van der Waals surface area contributed by atoms with E-state index in [0.717, 1.165) is 12.8 Å². The van der Waals surface area contributed by atoms with Crippen LogP contribution in [0.15, 0.2) is 22.4 Å². The van der Waals surface area contributed by atoms with Gasteiger partial charge >= 0.3 is 5.97 Å². The Labute approximate surface area is 167 Å². The van der Waals surface area contributed by atoms with Crippen molar-refractivity contribution in [3.05, 3.63) is 33.7 Å². The largest absolute Gasteiger partial charge is 0.459 e. The molecule has 0 unspecified atom stereocenters. The van der Waals surface area contributed by atoms with Crippen LogP contribution in [-0.2, 0) is 20.9 Å². The van der Waals surface area contributed by atoms with Crippen molar-refractivity contribution in [2.24, 2.45) is 17.8 Å². The van der Waals surface area contributed by atoms with Gasteiger partial charge in [0, 0.05) is 36.7 Å². The van der Waals surface area contributed by atoms with Crippen LogP contribution in [0.5, 0.6) is 0 Å². The monoisotopic (exact) mass is 403 g/mol. The zero-order chi connectivity index (χ0) is 19.8. The number of ether oxygens (including phenoxy) is 1. The second kappa shape index (κ2) is 7.66. The van der Waals surface area contributed by atoms with Crippen molar-refractivity contribution in [3.63, 3.8) is 0 Å². The van der Waals surface area contributed by atoms with Crippen LogP contribution < -0.4 is 5.56 Å². The van der Waals surface area contributed by atoms with Crippen LogP contribution in [0.25, 0.3) is 4.96 Å². The molecular formula is C20H25N3O4S. The van der Waals surface area contributed by atoms with Gasteiger partial charge in [-0.15, -0.1) is 11.3 Å². The average molecular weight is 404 g/mol. The van der Waals surface area contributed by atoms with Gasteiger partial charge < -0.3 is 9.64 Å². The van der Waals surface area contributed by atoms with Crippen LogP contribution in [0.4, 0.5) is 0 Å². The van der Waals surface area contributed by atoms with Crippen LogP contribution in [0.1, 0.15) is 45.2 Å². The summed E-state index contributed by atoms with van der Waals surface area (Å²) in [7, 11) is 0. The van der Waals surface area contributed by atoms with Gasteiger partial charge in [0.05, 0.1) is 11.6 Å². The second-order valence-electron chi connectivity index (χ2n) is 8.03. The maximum atomic E-state index is 12.5. The topological polar surface area (TPSA) is 81.0 Å². The fourth-order valence-corrected chi connectivity index (χ4v) is 5.17. The zero-order valence-electron chi connectivity index (χ0n) is 16.2. The maximum absolute atomic E-state index is 12.5. The SMILES string of the molecule is C[C@@H]1[C@H](C)CCC[C@H]1N1C[C@H](C(=O)OCc2cc(=O)n3ccsc3n2)CC1=O. The molecule has 28 heavy (non-hydrogen) atoms. The Kier molecular flexibility index (Phi) is 5.23. The number of amides is 1. The van der Waals surface area contributed by atoms with E-state index in [-0.39, 0.29) is 36.5 Å². The van der Waals surface area contributed by atoms with Gasteiger partial charge in [0.1, 0.15) is 6.61 Å². The molecule has 0 spiro atoms. The molecule has 7 nitrogen and oxygen atoms in total. The molecule has 0 N–H and O–H groups in total. The van der Waals surface area contributed by atoms with Crippen LogP contribution >= 0.6 is 11.3 Å². The summed E-state index contributed by atoms with van der Waals surface area (Å²) in [5.74, 6) is 0.255. The molecule has 2 aliphatic rings. The predicted octanol–water partition coefficient (Wildman–Crippen LogP) is 2.47. The average Bonchev–Trinajstić information content (AvgIpc) is 3.29. The molecule has 2 aromatic rings. The van der Waals surface area contributed by atoms with E-state index >= 15 is 0 Å². The Balaban J connectivity index is 1.38. The smallest absolute Gasteiger partial charge is 0.311 e. The Hall–Kier alpha value is -2.22. The standard InChI is InChI=1S/C20H25N3O4S/c1-12-4-3-5-16(13(12)2)23-10-14(8-17(23)24)19(26)27-11-15-9-18(25)22-6-7-28-20(22)21-15/h6-7,9,12-14,16H,3-5,8,10-11H2,1-2H3/t12-,13-,14-,16-/m1/s1. The molecule has 150 valence electrons.